The number of carbonyl (C=O) groups excluding carboxylic acids is 1. The van der Waals surface area contributed by atoms with E-state index in [0.29, 0.717) is 11.1 Å². The maximum Gasteiger partial charge on any atom is 0.265 e. The first-order valence-electron chi connectivity index (χ1n) is 9.24. The van der Waals surface area contributed by atoms with Crippen molar-refractivity contribution in [2.75, 3.05) is 16.2 Å². The average Bonchev–Trinajstić information content (AvgIpc) is 2.87. The summed E-state index contributed by atoms with van der Waals surface area (Å²) in [4.78, 5) is 13.1. The summed E-state index contributed by atoms with van der Waals surface area (Å²) in [6.45, 7) is 5.80. The molecule has 28 heavy (non-hydrogen) atoms. The van der Waals surface area contributed by atoms with Gasteiger partial charge in [-0.2, -0.15) is 0 Å². The van der Waals surface area contributed by atoms with Gasteiger partial charge in [-0.05, 0) is 41.5 Å². The van der Waals surface area contributed by atoms with E-state index in [4.69, 9.17) is 0 Å². The van der Waals surface area contributed by atoms with Crippen LogP contribution in [0.5, 0.6) is 0 Å². The zero-order chi connectivity index (χ0) is 20.1. The molecule has 1 amide bonds. The van der Waals surface area contributed by atoms with E-state index in [-0.39, 0.29) is 23.3 Å². The third-order valence-electron chi connectivity index (χ3n) is 5.16. The zero-order valence-corrected chi connectivity index (χ0v) is 16.9. The molecule has 0 radical (unpaired) electrons. The molecule has 3 aromatic carbocycles. The third kappa shape index (κ3) is 2.85. The van der Waals surface area contributed by atoms with Crippen LogP contribution >= 0.6 is 0 Å². The lowest BCUT2D eigenvalue weighted by atomic mass is 9.98. The number of hydrogen-bond acceptors (Lipinski definition) is 3. The quantitative estimate of drug-likeness (QED) is 0.712. The Hall–Kier alpha value is -2.86. The monoisotopic (exact) mass is 394 g/mol. The van der Waals surface area contributed by atoms with Gasteiger partial charge in [0.05, 0.1) is 10.6 Å². The second-order valence-electron chi connectivity index (χ2n) is 7.39. The van der Waals surface area contributed by atoms with Crippen LogP contribution in [0.25, 0.3) is 10.8 Å². The minimum absolute atomic E-state index is 0.240. The summed E-state index contributed by atoms with van der Waals surface area (Å²) in [6, 6.07) is 16.5. The molecule has 144 valence electrons. The van der Waals surface area contributed by atoms with Gasteiger partial charge in [-0.1, -0.05) is 56.3 Å². The van der Waals surface area contributed by atoms with Crippen LogP contribution in [0.15, 0.2) is 59.5 Å². The summed E-state index contributed by atoms with van der Waals surface area (Å²) in [6.07, 6.45) is 0. The molecule has 1 aliphatic heterocycles. The Balaban J connectivity index is 1.68. The molecular formula is C22H22N2O3S. The van der Waals surface area contributed by atoms with Crippen LogP contribution in [0.2, 0.25) is 0 Å². The smallest absolute Gasteiger partial charge is 0.265 e. The average molecular weight is 394 g/mol. The third-order valence-corrected chi connectivity index (χ3v) is 6.96. The highest BCUT2D eigenvalue weighted by Crippen LogP contribution is 2.41. The predicted molar refractivity (Wildman–Crippen MR) is 112 cm³/mol. The lowest BCUT2D eigenvalue weighted by Gasteiger charge is -2.20. The number of anilines is 2. The Morgan fingerprint density at radius 1 is 1.04 bits per heavy atom. The number of amides is 1. The second-order valence-corrected chi connectivity index (χ2v) is 9.22. The molecule has 0 saturated carbocycles. The van der Waals surface area contributed by atoms with Crippen LogP contribution in [0.1, 0.15) is 30.9 Å². The Bertz CT molecular complexity index is 1190. The molecule has 0 fully saturated rings. The Kier molecular flexibility index (Phi) is 4.38. The molecule has 4 rings (SSSR count). The molecule has 1 aliphatic rings. The van der Waals surface area contributed by atoms with E-state index >= 15 is 0 Å². The van der Waals surface area contributed by atoms with Gasteiger partial charge in [-0.15, -0.1) is 0 Å². The van der Waals surface area contributed by atoms with E-state index in [1.165, 1.54) is 4.31 Å². The first-order chi connectivity index (χ1) is 13.3. The van der Waals surface area contributed by atoms with E-state index in [1.54, 1.807) is 18.2 Å². The van der Waals surface area contributed by atoms with Gasteiger partial charge < -0.3 is 5.32 Å². The summed E-state index contributed by atoms with van der Waals surface area (Å²) in [7, 11) is -3.75. The zero-order valence-electron chi connectivity index (χ0n) is 16.1. The molecule has 6 heteroatoms. The fourth-order valence-corrected chi connectivity index (χ4v) is 5.45. The summed E-state index contributed by atoms with van der Waals surface area (Å²) >= 11 is 0. The van der Waals surface area contributed by atoms with Crippen LogP contribution in [0, 0.1) is 6.92 Å². The van der Waals surface area contributed by atoms with Crippen molar-refractivity contribution in [3.05, 3.63) is 65.7 Å². The lowest BCUT2D eigenvalue weighted by molar-refractivity contribution is -0.114. The number of para-hydroxylation sites is 1. The van der Waals surface area contributed by atoms with Gasteiger partial charge in [0, 0.05) is 11.1 Å². The largest absolute Gasteiger partial charge is 0.324 e. The summed E-state index contributed by atoms with van der Waals surface area (Å²) in [5, 5.41) is 4.47. The van der Waals surface area contributed by atoms with Crippen molar-refractivity contribution in [2.45, 2.75) is 31.6 Å². The van der Waals surface area contributed by atoms with Gasteiger partial charge >= 0.3 is 0 Å². The van der Waals surface area contributed by atoms with Crippen LogP contribution < -0.4 is 9.62 Å². The number of sulfonamides is 1. The predicted octanol–water partition coefficient (Wildman–Crippen LogP) is 4.42. The Morgan fingerprint density at radius 3 is 2.43 bits per heavy atom. The van der Waals surface area contributed by atoms with Crippen LogP contribution in [0.4, 0.5) is 11.4 Å². The topological polar surface area (TPSA) is 66.5 Å². The molecule has 1 N–H and O–H groups in total. The fourth-order valence-electron chi connectivity index (χ4n) is 3.78. The van der Waals surface area contributed by atoms with Gasteiger partial charge in [0.25, 0.3) is 10.0 Å². The second kappa shape index (κ2) is 6.63. The first kappa shape index (κ1) is 18.5. The van der Waals surface area contributed by atoms with Crippen molar-refractivity contribution in [1.82, 2.24) is 0 Å². The van der Waals surface area contributed by atoms with Gasteiger partial charge in [-0.3, -0.25) is 9.10 Å². The maximum absolute atomic E-state index is 13.0. The standard InChI is InChI=1S/C22H22N2O3S/c1-14(2)17-10-4-7-15(3)22(17)23-20(25)13-24-18-11-5-8-16-9-6-12-19(21(16)18)28(24,26)27/h4-12,14H,13H2,1-3H3,(H,23,25). The SMILES string of the molecule is Cc1cccc(C(C)C)c1NC(=O)CN1c2cccc3cccc(c23)S1(=O)=O. The van der Waals surface area contributed by atoms with Crippen LogP contribution in [-0.4, -0.2) is 20.9 Å². The van der Waals surface area contributed by atoms with Crippen molar-refractivity contribution in [3.8, 4) is 0 Å². The number of aryl methyl sites for hydroxylation is 1. The normalized spacial score (nSPS) is 14.6. The number of benzene rings is 3. The molecular weight excluding hydrogens is 372 g/mol. The number of rotatable bonds is 4. The highest BCUT2D eigenvalue weighted by molar-refractivity contribution is 7.93. The molecule has 0 bridgehead atoms. The minimum Gasteiger partial charge on any atom is -0.324 e. The van der Waals surface area contributed by atoms with Crippen molar-refractivity contribution in [2.24, 2.45) is 0 Å². The van der Waals surface area contributed by atoms with Crippen LogP contribution in [-0.2, 0) is 14.8 Å². The van der Waals surface area contributed by atoms with Crippen LogP contribution in [0.3, 0.4) is 0 Å². The highest BCUT2D eigenvalue weighted by atomic mass is 32.2. The molecule has 0 unspecified atom stereocenters. The maximum atomic E-state index is 13.0. The van der Waals surface area contributed by atoms with Crippen molar-refractivity contribution in [3.63, 3.8) is 0 Å². The molecule has 3 aromatic rings. The molecule has 1 heterocycles. The van der Waals surface area contributed by atoms with E-state index in [1.807, 2.05) is 43.3 Å². The number of carbonyl (C=O) groups is 1. The van der Waals surface area contributed by atoms with Crippen molar-refractivity contribution < 1.29 is 13.2 Å². The molecule has 0 atom stereocenters. The van der Waals surface area contributed by atoms with Crippen molar-refractivity contribution in [1.29, 1.82) is 0 Å². The van der Waals surface area contributed by atoms with E-state index < -0.39 is 10.0 Å². The van der Waals surface area contributed by atoms with Gasteiger partial charge in [-0.25, -0.2) is 8.42 Å². The van der Waals surface area contributed by atoms with E-state index in [2.05, 4.69) is 19.2 Å². The molecule has 0 aromatic heterocycles. The summed E-state index contributed by atoms with van der Waals surface area (Å²) in [5.74, 6) is -0.117. The fraction of sp³-hybridized carbons (Fsp3) is 0.227. The lowest BCUT2D eigenvalue weighted by Crippen LogP contribution is -2.35. The number of nitrogens with one attached hydrogen (secondary N) is 1. The van der Waals surface area contributed by atoms with E-state index in [0.717, 1.165) is 22.2 Å². The summed E-state index contributed by atoms with van der Waals surface area (Å²) < 4.78 is 27.3. The molecule has 0 saturated heterocycles. The first-order valence-corrected chi connectivity index (χ1v) is 10.7. The van der Waals surface area contributed by atoms with Gasteiger partial charge in [0.2, 0.25) is 5.91 Å². The Labute approximate surface area is 165 Å². The van der Waals surface area contributed by atoms with Crippen molar-refractivity contribution >= 4 is 38.1 Å². The molecule has 0 aliphatic carbocycles. The van der Waals surface area contributed by atoms with Gasteiger partial charge in [0.15, 0.2) is 0 Å². The molecule has 0 spiro atoms. The van der Waals surface area contributed by atoms with E-state index in [9.17, 15) is 13.2 Å². The number of hydrogen-bond donors (Lipinski definition) is 1. The minimum atomic E-state index is -3.75. The Morgan fingerprint density at radius 2 is 1.71 bits per heavy atom. The molecule has 5 nitrogen and oxygen atoms in total. The van der Waals surface area contributed by atoms with Gasteiger partial charge in [0.1, 0.15) is 6.54 Å². The number of nitrogens with zero attached hydrogens (tertiary/aromatic N) is 1. The summed E-state index contributed by atoms with van der Waals surface area (Å²) in [5.41, 5.74) is 3.30. The highest BCUT2D eigenvalue weighted by Gasteiger charge is 2.36.